The molecule has 2 aromatic rings. The van der Waals surface area contributed by atoms with E-state index >= 15 is 0 Å². The van der Waals surface area contributed by atoms with E-state index in [1.807, 2.05) is 12.1 Å². The smallest absolute Gasteiger partial charge is 0.133 e. The van der Waals surface area contributed by atoms with Crippen LogP contribution in [0.15, 0.2) is 53.0 Å². The third-order valence-electron chi connectivity index (χ3n) is 3.29. The zero-order valence-corrected chi connectivity index (χ0v) is 14.0. The van der Waals surface area contributed by atoms with Crippen LogP contribution in [0.25, 0.3) is 0 Å². The zero-order valence-electron chi connectivity index (χ0n) is 12.4. The monoisotopic (exact) mass is 347 g/mol. The van der Waals surface area contributed by atoms with Gasteiger partial charge in [-0.25, -0.2) is 0 Å². The van der Waals surface area contributed by atoms with Gasteiger partial charge in [-0.3, -0.25) is 0 Å². The molecule has 2 rings (SSSR count). The molecule has 21 heavy (non-hydrogen) atoms. The van der Waals surface area contributed by atoms with Gasteiger partial charge in [0.05, 0.1) is 11.1 Å². The molecule has 0 atom stereocenters. The molecule has 0 aliphatic carbocycles. The summed E-state index contributed by atoms with van der Waals surface area (Å²) in [5.41, 5.74) is 2.63. The molecule has 0 fully saturated rings. The lowest BCUT2D eigenvalue weighted by molar-refractivity contribution is 0.309. The van der Waals surface area contributed by atoms with Crippen molar-refractivity contribution in [2.75, 3.05) is 13.2 Å². The summed E-state index contributed by atoms with van der Waals surface area (Å²) in [6.45, 7) is 4.72. The molecule has 3 heteroatoms. The van der Waals surface area contributed by atoms with E-state index in [4.69, 9.17) is 4.74 Å². The molecule has 112 valence electrons. The van der Waals surface area contributed by atoms with E-state index in [-0.39, 0.29) is 0 Å². The number of hydrogen-bond donors (Lipinski definition) is 1. The molecule has 0 aliphatic heterocycles. The third-order valence-corrected chi connectivity index (χ3v) is 3.91. The van der Waals surface area contributed by atoms with Crippen molar-refractivity contribution in [3.63, 3.8) is 0 Å². The number of rotatable bonds is 8. The van der Waals surface area contributed by atoms with Crippen LogP contribution < -0.4 is 10.1 Å². The minimum atomic E-state index is 0.736. The van der Waals surface area contributed by atoms with Crippen LogP contribution in [0.5, 0.6) is 5.75 Å². The molecular weight excluding hydrogens is 326 g/mol. The Balaban J connectivity index is 1.78. The lowest BCUT2D eigenvalue weighted by Gasteiger charge is -2.10. The Morgan fingerprint density at radius 2 is 1.86 bits per heavy atom. The van der Waals surface area contributed by atoms with Crippen molar-refractivity contribution in [1.82, 2.24) is 5.32 Å². The van der Waals surface area contributed by atoms with Crippen molar-refractivity contribution in [3.8, 4) is 5.75 Å². The molecule has 2 nitrogen and oxygen atoms in total. The number of hydrogen-bond acceptors (Lipinski definition) is 2. The predicted octanol–water partition coefficient (Wildman–Crippen LogP) is 4.57. The highest BCUT2D eigenvalue weighted by molar-refractivity contribution is 9.10. The molecule has 0 amide bonds. The minimum Gasteiger partial charge on any atom is -0.492 e. The second-order valence-electron chi connectivity index (χ2n) is 4.98. The van der Waals surface area contributed by atoms with Gasteiger partial charge >= 0.3 is 0 Å². The number of benzene rings is 2. The van der Waals surface area contributed by atoms with E-state index in [1.54, 1.807) is 0 Å². The van der Waals surface area contributed by atoms with E-state index in [1.165, 1.54) is 11.1 Å². The topological polar surface area (TPSA) is 21.3 Å². The summed E-state index contributed by atoms with van der Waals surface area (Å²) in [7, 11) is 0. The van der Waals surface area contributed by atoms with E-state index in [0.717, 1.165) is 42.8 Å². The first-order valence-electron chi connectivity index (χ1n) is 7.45. The van der Waals surface area contributed by atoms with Crippen LogP contribution in [0.3, 0.4) is 0 Å². The van der Waals surface area contributed by atoms with Gasteiger partial charge in [-0.05, 0) is 58.6 Å². The van der Waals surface area contributed by atoms with E-state index < -0.39 is 0 Å². The molecule has 0 aliphatic rings. The van der Waals surface area contributed by atoms with Crippen LogP contribution in [0.2, 0.25) is 0 Å². The first kappa shape index (κ1) is 16.1. The highest BCUT2D eigenvalue weighted by Gasteiger charge is 2.03. The van der Waals surface area contributed by atoms with Crippen molar-refractivity contribution < 1.29 is 4.74 Å². The van der Waals surface area contributed by atoms with Gasteiger partial charge < -0.3 is 10.1 Å². The number of aryl methyl sites for hydroxylation is 1. The number of halogens is 1. The number of ether oxygens (including phenoxy) is 1. The Hall–Kier alpha value is -1.32. The lowest BCUT2D eigenvalue weighted by atomic mass is 10.1. The zero-order chi connectivity index (χ0) is 14.9. The Morgan fingerprint density at radius 3 is 2.57 bits per heavy atom. The molecule has 0 bridgehead atoms. The lowest BCUT2D eigenvalue weighted by Crippen LogP contribution is -2.11. The Bertz CT molecular complexity index is 542. The van der Waals surface area contributed by atoms with Gasteiger partial charge in [-0.2, -0.15) is 0 Å². The Morgan fingerprint density at radius 1 is 1.05 bits per heavy atom. The van der Waals surface area contributed by atoms with Gasteiger partial charge in [0.25, 0.3) is 0 Å². The molecular formula is C18H22BrNO. The first-order valence-corrected chi connectivity index (χ1v) is 8.24. The molecule has 0 spiro atoms. The summed E-state index contributed by atoms with van der Waals surface area (Å²) >= 11 is 3.58. The second-order valence-corrected chi connectivity index (χ2v) is 5.84. The summed E-state index contributed by atoms with van der Waals surface area (Å²) < 4.78 is 6.88. The highest BCUT2D eigenvalue weighted by atomic mass is 79.9. The molecule has 2 aromatic carbocycles. The molecule has 0 unspecified atom stereocenters. The van der Waals surface area contributed by atoms with Crippen LogP contribution in [0.1, 0.15) is 24.5 Å². The van der Waals surface area contributed by atoms with E-state index in [0.29, 0.717) is 0 Å². The Kier molecular flexibility index (Phi) is 6.77. The average molecular weight is 348 g/mol. The maximum atomic E-state index is 5.85. The van der Waals surface area contributed by atoms with Crippen molar-refractivity contribution in [2.24, 2.45) is 0 Å². The van der Waals surface area contributed by atoms with Crippen molar-refractivity contribution in [2.45, 2.75) is 26.3 Å². The van der Waals surface area contributed by atoms with Crippen LogP contribution in [-0.4, -0.2) is 13.2 Å². The first-order chi connectivity index (χ1) is 10.3. The summed E-state index contributed by atoms with van der Waals surface area (Å²) in [6.07, 6.45) is 2.08. The average Bonchev–Trinajstić information content (AvgIpc) is 2.52. The van der Waals surface area contributed by atoms with Gasteiger partial charge in [0, 0.05) is 6.54 Å². The molecule has 0 saturated carbocycles. The normalized spacial score (nSPS) is 10.6. The SMILES string of the molecule is CCNCc1ccc(OCCCc2ccccc2)c(Br)c1. The van der Waals surface area contributed by atoms with Gasteiger partial charge in [-0.1, -0.05) is 43.3 Å². The molecule has 1 N–H and O–H groups in total. The maximum Gasteiger partial charge on any atom is 0.133 e. The third kappa shape index (κ3) is 5.52. The standard InChI is InChI=1S/C18H22BrNO/c1-2-20-14-16-10-11-18(17(19)13-16)21-12-6-9-15-7-4-3-5-8-15/h3-5,7-8,10-11,13,20H,2,6,9,12,14H2,1H3. The van der Waals surface area contributed by atoms with Gasteiger partial charge in [0.1, 0.15) is 5.75 Å². The minimum absolute atomic E-state index is 0.736. The van der Waals surface area contributed by atoms with Crippen LogP contribution in [-0.2, 0) is 13.0 Å². The fourth-order valence-electron chi connectivity index (χ4n) is 2.14. The highest BCUT2D eigenvalue weighted by Crippen LogP contribution is 2.26. The van der Waals surface area contributed by atoms with Gasteiger partial charge in [0.2, 0.25) is 0 Å². The van der Waals surface area contributed by atoms with Crippen LogP contribution in [0.4, 0.5) is 0 Å². The molecule has 0 aromatic heterocycles. The maximum absolute atomic E-state index is 5.85. The number of nitrogens with one attached hydrogen (secondary N) is 1. The predicted molar refractivity (Wildman–Crippen MR) is 91.8 cm³/mol. The summed E-state index contributed by atoms with van der Waals surface area (Å²) in [5.74, 6) is 0.920. The summed E-state index contributed by atoms with van der Waals surface area (Å²) in [6, 6.07) is 16.8. The van der Waals surface area contributed by atoms with E-state index in [9.17, 15) is 0 Å². The van der Waals surface area contributed by atoms with Crippen LogP contribution >= 0.6 is 15.9 Å². The van der Waals surface area contributed by atoms with Gasteiger partial charge in [-0.15, -0.1) is 0 Å². The second kappa shape index (κ2) is 8.85. The molecule has 0 saturated heterocycles. The van der Waals surface area contributed by atoms with Crippen LogP contribution in [0, 0.1) is 0 Å². The van der Waals surface area contributed by atoms with Gasteiger partial charge in [0.15, 0.2) is 0 Å². The quantitative estimate of drug-likeness (QED) is 0.706. The summed E-state index contributed by atoms with van der Waals surface area (Å²) in [5, 5.41) is 3.32. The summed E-state index contributed by atoms with van der Waals surface area (Å²) in [4.78, 5) is 0. The molecule has 0 heterocycles. The van der Waals surface area contributed by atoms with Crippen molar-refractivity contribution in [3.05, 3.63) is 64.1 Å². The largest absolute Gasteiger partial charge is 0.492 e. The fraction of sp³-hybridized carbons (Fsp3) is 0.333. The van der Waals surface area contributed by atoms with E-state index in [2.05, 4.69) is 64.6 Å². The Labute approximate surface area is 135 Å². The van der Waals surface area contributed by atoms with Crippen molar-refractivity contribution >= 4 is 15.9 Å². The van der Waals surface area contributed by atoms with Crippen molar-refractivity contribution in [1.29, 1.82) is 0 Å². The molecule has 0 radical (unpaired) electrons. The fourth-order valence-corrected chi connectivity index (χ4v) is 2.68.